The summed E-state index contributed by atoms with van der Waals surface area (Å²) in [4.78, 5) is 9.99. The molecule has 4 heteroatoms. The molecule has 23 heavy (non-hydrogen) atoms. The molecule has 0 radical (unpaired) electrons. The van der Waals surface area contributed by atoms with Crippen molar-refractivity contribution in [2.75, 3.05) is 46.3 Å². The molecule has 0 spiro atoms. The van der Waals surface area contributed by atoms with Gasteiger partial charge in [-0.3, -0.25) is 4.99 Å². The zero-order valence-corrected chi connectivity index (χ0v) is 15.3. The highest BCUT2D eigenvalue weighted by Crippen LogP contribution is 2.36. The smallest absolute Gasteiger partial charge is 0.193 e. The van der Waals surface area contributed by atoms with Crippen molar-refractivity contribution in [1.29, 1.82) is 0 Å². The maximum Gasteiger partial charge on any atom is 0.193 e. The van der Waals surface area contributed by atoms with Crippen LogP contribution in [0.15, 0.2) is 4.99 Å². The van der Waals surface area contributed by atoms with Gasteiger partial charge in [-0.25, -0.2) is 0 Å². The summed E-state index contributed by atoms with van der Waals surface area (Å²) in [6.45, 7) is 9.19. The van der Waals surface area contributed by atoms with Gasteiger partial charge in [0.05, 0.1) is 0 Å². The molecule has 0 amide bonds. The number of fused-ring (bicyclic) bond motifs is 1. The molecule has 2 aliphatic heterocycles. The largest absolute Gasteiger partial charge is 0.357 e. The predicted octanol–water partition coefficient (Wildman–Crippen LogP) is 2.81. The van der Waals surface area contributed by atoms with E-state index in [9.17, 15) is 0 Å². The maximum absolute atomic E-state index is 4.98. The van der Waals surface area contributed by atoms with E-state index in [4.69, 9.17) is 4.99 Å². The van der Waals surface area contributed by atoms with E-state index in [1.165, 1.54) is 77.1 Å². The van der Waals surface area contributed by atoms with Crippen LogP contribution < -0.4 is 5.32 Å². The Bertz CT molecular complexity index is 373. The molecule has 3 fully saturated rings. The van der Waals surface area contributed by atoms with E-state index < -0.39 is 0 Å². The van der Waals surface area contributed by atoms with Crippen LogP contribution in [0.2, 0.25) is 0 Å². The number of hydrogen-bond donors (Lipinski definition) is 1. The Balaban J connectivity index is 1.49. The lowest BCUT2D eigenvalue weighted by Crippen LogP contribution is -2.40. The van der Waals surface area contributed by atoms with E-state index in [0.29, 0.717) is 0 Å². The number of rotatable bonds is 4. The summed E-state index contributed by atoms with van der Waals surface area (Å²) in [6.07, 6.45) is 9.75. The summed E-state index contributed by atoms with van der Waals surface area (Å²) in [6, 6.07) is 0. The molecule has 1 N–H and O–H groups in total. The first-order valence-electron chi connectivity index (χ1n) is 9.98. The van der Waals surface area contributed by atoms with Crippen molar-refractivity contribution in [1.82, 2.24) is 15.1 Å². The minimum Gasteiger partial charge on any atom is -0.357 e. The second-order valence-corrected chi connectivity index (χ2v) is 7.98. The fourth-order valence-corrected chi connectivity index (χ4v) is 4.71. The van der Waals surface area contributed by atoms with E-state index in [2.05, 4.69) is 29.1 Å². The molecule has 0 aromatic carbocycles. The van der Waals surface area contributed by atoms with Crippen molar-refractivity contribution in [3.63, 3.8) is 0 Å². The van der Waals surface area contributed by atoms with Crippen LogP contribution in [-0.4, -0.2) is 62.1 Å². The van der Waals surface area contributed by atoms with Crippen LogP contribution in [-0.2, 0) is 0 Å². The summed E-state index contributed by atoms with van der Waals surface area (Å²) < 4.78 is 0. The molecule has 2 saturated heterocycles. The molecule has 132 valence electrons. The lowest BCUT2D eigenvalue weighted by atomic mass is 9.82. The molecule has 3 aliphatic rings. The molecule has 2 atom stereocenters. The third kappa shape index (κ3) is 4.62. The van der Waals surface area contributed by atoms with Gasteiger partial charge >= 0.3 is 0 Å². The maximum atomic E-state index is 4.98. The van der Waals surface area contributed by atoms with Gasteiger partial charge in [0, 0.05) is 26.2 Å². The molecular formula is C19H36N4. The van der Waals surface area contributed by atoms with Crippen molar-refractivity contribution in [3.05, 3.63) is 0 Å². The molecule has 1 aliphatic carbocycles. The molecule has 1 saturated carbocycles. The van der Waals surface area contributed by atoms with Crippen LogP contribution in [0.3, 0.4) is 0 Å². The van der Waals surface area contributed by atoms with Crippen molar-refractivity contribution < 1.29 is 0 Å². The highest BCUT2D eigenvalue weighted by Gasteiger charge is 2.35. The molecule has 2 heterocycles. The number of likely N-dealkylation sites (tertiary alicyclic amines) is 2. The van der Waals surface area contributed by atoms with Crippen molar-refractivity contribution >= 4 is 5.96 Å². The molecule has 3 rings (SSSR count). The number of guanidine groups is 1. The van der Waals surface area contributed by atoms with Crippen molar-refractivity contribution in [3.8, 4) is 0 Å². The number of nitrogens with zero attached hydrogens (tertiary/aromatic N) is 3. The predicted molar refractivity (Wildman–Crippen MR) is 97.8 cm³/mol. The van der Waals surface area contributed by atoms with Crippen LogP contribution in [0.4, 0.5) is 0 Å². The third-order valence-corrected chi connectivity index (χ3v) is 6.25. The highest BCUT2D eigenvalue weighted by molar-refractivity contribution is 5.80. The van der Waals surface area contributed by atoms with Gasteiger partial charge in [0.2, 0.25) is 0 Å². The van der Waals surface area contributed by atoms with Gasteiger partial charge < -0.3 is 15.1 Å². The van der Waals surface area contributed by atoms with Gasteiger partial charge in [-0.2, -0.15) is 0 Å². The Kier molecular flexibility index (Phi) is 6.21. The van der Waals surface area contributed by atoms with Crippen LogP contribution in [0.5, 0.6) is 0 Å². The van der Waals surface area contributed by atoms with Crippen molar-refractivity contribution in [2.45, 2.75) is 51.9 Å². The summed E-state index contributed by atoms with van der Waals surface area (Å²) in [7, 11) is 2.24. The fourth-order valence-electron chi connectivity index (χ4n) is 4.71. The minimum absolute atomic E-state index is 0.888. The average Bonchev–Trinajstić information content (AvgIpc) is 3.00. The Morgan fingerprint density at radius 2 is 1.70 bits per heavy atom. The second-order valence-electron chi connectivity index (χ2n) is 7.98. The normalized spacial score (nSPS) is 30.5. The van der Waals surface area contributed by atoms with E-state index in [1.54, 1.807) is 0 Å². The second kappa shape index (κ2) is 8.36. The van der Waals surface area contributed by atoms with Gasteiger partial charge in [0.25, 0.3) is 0 Å². The summed E-state index contributed by atoms with van der Waals surface area (Å²) in [5.41, 5.74) is 0. The number of aliphatic imine (C=N–C) groups is 1. The zero-order valence-electron chi connectivity index (χ0n) is 15.3. The molecule has 0 aromatic heterocycles. The monoisotopic (exact) mass is 320 g/mol. The summed E-state index contributed by atoms with van der Waals surface area (Å²) in [5, 5.41) is 3.55. The van der Waals surface area contributed by atoms with Crippen LogP contribution in [0.1, 0.15) is 51.9 Å². The zero-order chi connectivity index (χ0) is 16.1. The lowest BCUT2D eigenvalue weighted by Gasteiger charge is -2.28. The highest BCUT2D eigenvalue weighted by atomic mass is 15.3. The Morgan fingerprint density at radius 3 is 2.30 bits per heavy atom. The molecular weight excluding hydrogens is 284 g/mol. The van der Waals surface area contributed by atoms with E-state index in [-0.39, 0.29) is 0 Å². The SMILES string of the molecule is CCNC(=NCCC1CCN(C)CC1)N1CC2CCCCC2C1. The van der Waals surface area contributed by atoms with E-state index in [1.807, 2.05) is 0 Å². The first kappa shape index (κ1) is 17.1. The quantitative estimate of drug-likeness (QED) is 0.638. The van der Waals surface area contributed by atoms with Gasteiger partial charge in [-0.15, -0.1) is 0 Å². The first-order valence-corrected chi connectivity index (χ1v) is 9.98. The Labute approximate surface area is 142 Å². The topological polar surface area (TPSA) is 30.9 Å². The van der Waals surface area contributed by atoms with E-state index in [0.717, 1.165) is 30.8 Å². The average molecular weight is 321 g/mol. The van der Waals surface area contributed by atoms with Gasteiger partial charge in [-0.05, 0) is 76.9 Å². The molecule has 0 aromatic rings. The Morgan fingerprint density at radius 1 is 1.04 bits per heavy atom. The Hall–Kier alpha value is -0.770. The van der Waals surface area contributed by atoms with Gasteiger partial charge in [0.1, 0.15) is 0 Å². The first-order chi connectivity index (χ1) is 11.3. The fraction of sp³-hybridized carbons (Fsp3) is 0.947. The van der Waals surface area contributed by atoms with Crippen molar-refractivity contribution in [2.24, 2.45) is 22.7 Å². The summed E-state index contributed by atoms with van der Waals surface area (Å²) in [5.74, 6) is 3.94. The van der Waals surface area contributed by atoms with Gasteiger partial charge in [0.15, 0.2) is 5.96 Å². The third-order valence-electron chi connectivity index (χ3n) is 6.25. The standard InChI is InChI=1S/C19H36N4/c1-3-20-19(21-11-8-16-9-12-22(2)13-10-16)23-14-17-6-4-5-7-18(17)15-23/h16-18H,3-15H2,1-2H3,(H,20,21). The number of hydrogen-bond acceptors (Lipinski definition) is 2. The molecule has 0 bridgehead atoms. The van der Waals surface area contributed by atoms with Crippen LogP contribution in [0.25, 0.3) is 0 Å². The lowest BCUT2D eigenvalue weighted by molar-refractivity contribution is 0.214. The van der Waals surface area contributed by atoms with Crippen LogP contribution >= 0.6 is 0 Å². The molecule has 2 unspecified atom stereocenters. The number of nitrogens with one attached hydrogen (secondary N) is 1. The van der Waals surface area contributed by atoms with Crippen LogP contribution in [0, 0.1) is 17.8 Å². The van der Waals surface area contributed by atoms with E-state index >= 15 is 0 Å². The number of piperidine rings is 1. The van der Waals surface area contributed by atoms with Gasteiger partial charge in [-0.1, -0.05) is 12.8 Å². The summed E-state index contributed by atoms with van der Waals surface area (Å²) >= 11 is 0. The molecule has 4 nitrogen and oxygen atoms in total. The minimum atomic E-state index is 0.888.